The van der Waals surface area contributed by atoms with Gasteiger partial charge < -0.3 is 14.6 Å². The number of carbonyl (C=O) groups is 1. The van der Waals surface area contributed by atoms with Crippen LogP contribution in [0.1, 0.15) is 68.0 Å². The van der Waals surface area contributed by atoms with Crippen LogP contribution in [0.2, 0.25) is 25.7 Å². The monoisotopic (exact) mass is 551 g/mol. The second-order valence-corrected chi connectivity index (χ2v) is 18.1. The minimum Gasteiger partial charge on any atom is -0.456 e. The summed E-state index contributed by atoms with van der Waals surface area (Å²) in [6.45, 7) is 16.7. The van der Waals surface area contributed by atoms with Crippen LogP contribution in [-0.2, 0) is 35.8 Å². The molecule has 0 unspecified atom stereocenters. The minimum atomic E-state index is -1.16. The quantitative estimate of drug-likeness (QED) is 0.113. The fourth-order valence-electron chi connectivity index (χ4n) is 4.44. The van der Waals surface area contributed by atoms with E-state index in [0.29, 0.717) is 18.8 Å². The standard InChI is InChI=1S/C32H47N2O4Si/c1-8-9-12-27-22-33(24-37-19-20-39(5,6)7)30(23-35)34(27)21-25-15-17-26(18-16-25)28-13-10-11-14-29(28)31(36)38-32(2,3)4/h10-11,13-18,22,35H,8-9,12,19-21,23-24H2,1-7H3/q+1. The molecule has 212 valence electrons. The van der Waals surface area contributed by atoms with Crippen molar-refractivity contribution in [3.05, 3.63) is 77.4 Å². The molecule has 0 saturated carbocycles. The summed E-state index contributed by atoms with van der Waals surface area (Å²) in [7, 11) is -1.16. The average Bonchev–Trinajstić information content (AvgIpc) is 3.20. The van der Waals surface area contributed by atoms with Crippen LogP contribution in [0.5, 0.6) is 0 Å². The summed E-state index contributed by atoms with van der Waals surface area (Å²) in [4.78, 5) is 12.8. The molecule has 7 heteroatoms. The zero-order chi connectivity index (χ0) is 28.6. The van der Waals surface area contributed by atoms with Crippen molar-refractivity contribution in [3.8, 4) is 11.1 Å². The maximum Gasteiger partial charge on any atom is 0.339 e. The lowest BCUT2D eigenvalue weighted by Gasteiger charge is -2.20. The molecule has 1 aromatic heterocycles. The Balaban J connectivity index is 1.83. The largest absolute Gasteiger partial charge is 0.456 e. The SMILES string of the molecule is CCCCc1c[n+](COCC[Si](C)(C)C)c(CO)n1Cc1ccc(-c2ccccc2C(=O)OC(C)(C)C)cc1. The summed E-state index contributed by atoms with van der Waals surface area (Å²) in [5.41, 5.74) is 4.16. The number of hydrogen-bond acceptors (Lipinski definition) is 4. The van der Waals surface area contributed by atoms with E-state index < -0.39 is 13.7 Å². The highest BCUT2D eigenvalue weighted by Crippen LogP contribution is 2.26. The number of aliphatic hydroxyl groups excluding tert-OH is 1. The Morgan fingerprint density at radius 1 is 1.05 bits per heavy atom. The van der Waals surface area contributed by atoms with Gasteiger partial charge in [-0.3, -0.25) is 0 Å². The Morgan fingerprint density at radius 3 is 2.36 bits per heavy atom. The molecule has 0 bridgehead atoms. The number of esters is 1. The summed E-state index contributed by atoms with van der Waals surface area (Å²) in [6.07, 6.45) is 5.29. The minimum absolute atomic E-state index is 0.0507. The molecule has 3 rings (SSSR count). The first-order valence-corrected chi connectivity index (χ1v) is 17.8. The third-order valence-electron chi connectivity index (χ3n) is 6.60. The number of imidazole rings is 1. The van der Waals surface area contributed by atoms with Crippen molar-refractivity contribution >= 4 is 14.0 Å². The molecule has 39 heavy (non-hydrogen) atoms. The van der Waals surface area contributed by atoms with E-state index >= 15 is 0 Å². The Labute approximate surface area is 235 Å². The zero-order valence-electron chi connectivity index (χ0n) is 24.9. The highest BCUT2D eigenvalue weighted by Gasteiger charge is 2.24. The summed E-state index contributed by atoms with van der Waals surface area (Å²) in [5, 5.41) is 10.3. The summed E-state index contributed by atoms with van der Waals surface area (Å²) >= 11 is 0. The smallest absolute Gasteiger partial charge is 0.339 e. The number of rotatable bonds is 13. The number of unbranched alkanes of at least 4 members (excludes halogenated alkanes) is 1. The first-order chi connectivity index (χ1) is 18.4. The van der Waals surface area contributed by atoms with Crippen molar-refractivity contribution in [2.24, 2.45) is 0 Å². The van der Waals surface area contributed by atoms with Crippen molar-refractivity contribution in [2.75, 3.05) is 6.61 Å². The van der Waals surface area contributed by atoms with Gasteiger partial charge in [-0.1, -0.05) is 75.5 Å². The van der Waals surface area contributed by atoms with E-state index in [0.717, 1.165) is 54.4 Å². The second-order valence-electron chi connectivity index (χ2n) is 12.4. The van der Waals surface area contributed by atoms with Crippen molar-refractivity contribution < 1.29 is 23.9 Å². The van der Waals surface area contributed by atoms with Crippen molar-refractivity contribution in [1.29, 1.82) is 0 Å². The van der Waals surface area contributed by atoms with Gasteiger partial charge in [0.2, 0.25) is 0 Å². The average molecular weight is 552 g/mol. The van der Waals surface area contributed by atoms with Gasteiger partial charge in [-0.25, -0.2) is 13.9 Å². The summed E-state index contributed by atoms with van der Waals surface area (Å²) in [6, 6.07) is 17.0. The predicted molar refractivity (Wildman–Crippen MR) is 159 cm³/mol. The van der Waals surface area contributed by atoms with Gasteiger partial charge in [0.25, 0.3) is 5.82 Å². The third-order valence-corrected chi connectivity index (χ3v) is 8.30. The molecule has 0 radical (unpaired) electrons. The fraction of sp³-hybridized carbons (Fsp3) is 0.500. The van der Waals surface area contributed by atoms with Crippen LogP contribution in [0, 0.1) is 0 Å². The maximum atomic E-state index is 12.8. The number of benzene rings is 2. The summed E-state index contributed by atoms with van der Waals surface area (Å²) in [5.74, 6) is 0.535. The van der Waals surface area contributed by atoms with Crippen molar-refractivity contribution in [3.63, 3.8) is 0 Å². The van der Waals surface area contributed by atoms with E-state index in [1.807, 2.05) is 45.0 Å². The predicted octanol–water partition coefficient (Wildman–Crippen LogP) is 6.59. The topological polar surface area (TPSA) is 64.6 Å². The lowest BCUT2D eigenvalue weighted by Crippen LogP contribution is -2.39. The molecule has 2 aromatic carbocycles. The number of carbonyl (C=O) groups excluding carboxylic acids is 1. The first-order valence-electron chi connectivity index (χ1n) is 14.1. The summed E-state index contributed by atoms with van der Waals surface area (Å²) < 4.78 is 15.9. The molecular weight excluding hydrogens is 504 g/mol. The molecule has 0 amide bonds. The molecule has 0 atom stereocenters. The highest BCUT2D eigenvalue weighted by molar-refractivity contribution is 6.76. The molecule has 0 spiro atoms. The van der Waals surface area contributed by atoms with Crippen molar-refractivity contribution in [1.82, 2.24) is 4.57 Å². The van der Waals surface area contributed by atoms with Crippen LogP contribution in [-0.4, -0.2) is 35.9 Å². The van der Waals surface area contributed by atoms with Gasteiger partial charge in [-0.05, 0) is 56.0 Å². The van der Waals surface area contributed by atoms with E-state index in [4.69, 9.17) is 9.47 Å². The van der Waals surface area contributed by atoms with Gasteiger partial charge in [0.05, 0.1) is 5.56 Å². The zero-order valence-corrected chi connectivity index (χ0v) is 25.9. The number of aromatic nitrogens is 2. The second kappa shape index (κ2) is 13.6. The van der Waals surface area contributed by atoms with E-state index in [1.54, 1.807) is 0 Å². The van der Waals surface area contributed by atoms with E-state index in [9.17, 15) is 9.90 Å². The van der Waals surface area contributed by atoms with Crippen LogP contribution in [0.25, 0.3) is 11.1 Å². The van der Waals surface area contributed by atoms with Crippen molar-refractivity contribution in [2.45, 2.75) is 98.1 Å². The molecule has 1 N–H and O–H groups in total. The molecule has 0 saturated heterocycles. The van der Waals surface area contributed by atoms with Crippen LogP contribution in [0.4, 0.5) is 0 Å². The van der Waals surface area contributed by atoms with Crippen LogP contribution < -0.4 is 4.57 Å². The maximum absolute atomic E-state index is 12.8. The van der Waals surface area contributed by atoms with Gasteiger partial charge in [-0.15, -0.1) is 0 Å². The van der Waals surface area contributed by atoms with Crippen LogP contribution in [0.3, 0.4) is 0 Å². The van der Waals surface area contributed by atoms with E-state index in [1.165, 1.54) is 5.69 Å². The number of aryl methyl sites for hydroxylation is 1. The molecule has 3 aromatic rings. The Kier molecular flexibility index (Phi) is 10.7. The molecule has 1 heterocycles. The Morgan fingerprint density at radius 2 is 1.74 bits per heavy atom. The Bertz CT molecular complexity index is 1220. The highest BCUT2D eigenvalue weighted by atomic mass is 28.3. The lowest BCUT2D eigenvalue weighted by molar-refractivity contribution is -0.740. The molecular formula is C32H47N2O4Si+. The number of ether oxygens (including phenoxy) is 2. The number of aliphatic hydroxyl groups is 1. The Hall–Kier alpha value is -2.74. The molecule has 6 nitrogen and oxygen atoms in total. The normalized spacial score (nSPS) is 12.1. The van der Waals surface area contributed by atoms with E-state index in [2.05, 4.69) is 66.2 Å². The van der Waals surface area contributed by atoms with Gasteiger partial charge in [-0.2, -0.15) is 0 Å². The first kappa shape index (κ1) is 30.8. The van der Waals surface area contributed by atoms with Gasteiger partial charge in [0.1, 0.15) is 30.6 Å². The van der Waals surface area contributed by atoms with Crippen LogP contribution >= 0.6 is 0 Å². The number of hydrogen-bond donors (Lipinski definition) is 1. The number of nitrogens with zero attached hydrogens (tertiary/aromatic N) is 2. The van der Waals surface area contributed by atoms with Gasteiger partial charge >= 0.3 is 5.97 Å². The van der Waals surface area contributed by atoms with Gasteiger partial charge in [0, 0.05) is 21.1 Å². The van der Waals surface area contributed by atoms with E-state index in [-0.39, 0.29) is 12.6 Å². The molecule has 0 aliphatic heterocycles. The fourth-order valence-corrected chi connectivity index (χ4v) is 5.20. The third kappa shape index (κ3) is 9.16. The molecule has 0 aliphatic rings. The molecule has 0 aliphatic carbocycles. The van der Waals surface area contributed by atoms with Crippen LogP contribution in [0.15, 0.2) is 54.7 Å². The lowest BCUT2D eigenvalue weighted by atomic mass is 9.98. The van der Waals surface area contributed by atoms with Gasteiger partial charge in [0.15, 0.2) is 6.73 Å². The molecule has 0 fully saturated rings.